The Morgan fingerprint density at radius 3 is 2.95 bits per heavy atom. The third kappa shape index (κ3) is 3.23. The van der Waals surface area contributed by atoms with E-state index >= 15 is 0 Å². The van der Waals surface area contributed by atoms with E-state index < -0.39 is 15.6 Å². The normalized spacial score (nSPS) is 24.9. The van der Waals surface area contributed by atoms with E-state index in [0.29, 0.717) is 38.4 Å². The van der Waals surface area contributed by atoms with Crippen LogP contribution in [-0.2, 0) is 14.8 Å². The summed E-state index contributed by atoms with van der Waals surface area (Å²) >= 11 is 0. The van der Waals surface area contributed by atoms with Crippen molar-refractivity contribution < 1.29 is 17.9 Å². The predicted molar refractivity (Wildman–Crippen MR) is 80.0 cm³/mol. The van der Waals surface area contributed by atoms with Crippen molar-refractivity contribution in [3.63, 3.8) is 0 Å². The largest absolute Gasteiger partial charge is 0.473 e. The fraction of sp³-hybridized carbons (Fsp3) is 0.714. The van der Waals surface area contributed by atoms with Crippen molar-refractivity contribution in [1.29, 1.82) is 0 Å². The zero-order valence-corrected chi connectivity index (χ0v) is 13.5. The molecular formula is C14H21N3O4S. The molecule has 2 aliphatic heterocycles. The van der Waals surface area contributed by atoms with E-state index in [2.05, 4.69) is 9.97 Å². The number of sulfonamides is 1. The topological polar surface area (TPSA) is 81.6 Å². The lowest BCUT2D eigenvalue weighted by Crippen LogP contribution is -2.67. The van der Waals surface area contributed by atoms with Gasteiger partial charge in [0.05, 0.1) is 24.2 Å². The number of rotatable bonds is 5. The molecule has 22 heavy (non-hydrogen) atoms. The first kappa shape index (κ1) is 15.6. The first-order valence-electron chi connectivity index (χ1n) is 7.57. The molecule has 1 aromatic heterocycles. The average molecular weight is 327 g/mol. The summed E-state index contributed by atoms with van der Waals surface area (Å²) in [5, 5.41) is 0. The summed E-state index contributed by atoms with van der Waals surface area (Å²) in [5.41, 5.74) is -0.397. The Morgan fingerprint density at radius 1 is 1.45 bits per heavy atom. The molecule has 0 N–H and O–H groups in total. The minimum atomic E-state index is -3.14. The van der Waals surface area contributed by atoms with Crippen LogP contribution < -0.4 is 4.74 Å². The maximum Gasteiger partial charge on any atom is 0.232 e. The van der Waals surface area contributed by atoms with E-state index in [1.807, 2.05) is 6.92 Å². The molecule has 0 aromatic carbocycles. The average Bonchev–Trinajstić information content (AvgIpc) is 2.46. The summed E-state index contributed by atoms with van der Waals surface area (Å²) in [7, 11) is -3.14. The van der Waals surface area contributed by atoms with Crippen molar-refractivity contribution in [1.82, 2.24) is 14.3 Å². The van der Waals surface area contributed by atoms with Gasteiger partial charge in [-0.1, -0.05) is 6.92 Å². The van der Waals surface area contributed by atoms with Gasteiger partial charge >= 0.3 is 0 Å². The van der Waals surface area contributed by atoms with Crippen LogP contribution >= 0.6 is 0 Å². The van der Waals surface area contributed by atoms with E-state index in [-0.39, 0.29) is 11.9 Å². The van der Waals surface area contributed by atoms with Gasteiger partial charge in [-0.2, -0.15) is 4.31 Å². The highest BCUT2D eigenvalue weighted by Gasteiger charge is 2.51. The van der Waals surface area contributed by atoms with Crippen molar-refractivity contribution in [3.05, 3.63) is 18.6 Å². The molecule has 1 spiro atoms. The van der Waals surface area contributed by atoms with Crippen LogP contribution in [0.1, 0.15) is 26.2 Å². The second-order valence-electron chi connectivity index (χ2n) is 5.89. The molecule has 0 amide bonds. The van der Waals surface area contributed by atoms with Crippen LogP contribution in [0.2, 0.25) is 0 Å². The summed E-state index contributed by atoms with van der Waals surface area (Å²) in [5.74, 6) is 0.696. The molecule has 2 aliphatic rings. The molecule has 1 aromatic rings. The second-order valence-corrected chi connectivity index (χ2v) is 7.98. The molecular weight excluding hydrogens is 306 g/mol. The molecule has 3 heterocycles. The Balaban J connectivity index is 1.58. The number of aromatic nitrogens is 2. The number of hydrogen-bond donors (Lipinski definition) is 0. The van der Waals surface area contributed by atoms with Crippen LogP contribution in [0.5, 0.6) is 5.88 Å². The third-order valence-electron chi connectivity index (χ3n) is 4.06. The van der Waals surface area contributed by atoms with Crippen LogP contribution in [0.4, 0.5) is 0 Å². The monoisotopic (exact) mass is 327 g/mol. The molecule has 1 atom stereocenters. The minimum Gasteiger partial charge on any atom is -0.473 e. The number of ether oxygens (including phenoxy) is 2. The zero-order valence-electron chi connectivity index (χ0n) is 12.6. The van der Waals surface area contributed by atoms with Gasteiger partial charge in [-0.15, -0.1) is 0 Å². The second kappa shape index (κ2) is 6.10. The van der Waals surface area contributed by atoms with Gasteiger partial charge in [0.15, 0.2) is 0 Å². The van der Waals surface area contributed by atoms with Crippen molar-refractivity contribution in [3.8, 4) is 5.88 Å². The summed E-state index contributed by atoms with van der Waals surface area (Å²) < 4.78 is 37.3. The quantitative estimate of drug-likeness (QED) is 0.797. The van der Waals surface area contributed by atoms with E-state index in [0.717, 1.165) is 6.42 Å². The smallest absolute Gasteiger partial charge is 0.232 e. The Labute approximate surface area is 130 Å². The molecule has 122 valence electrons. The van der Waals surface area contributed by atoms with Crippen LogP contribution in [0, 0.1) is 0 Å². The zero-order chi connectivity index (χ0) is 15.6. The third-order valence-corrected chi connectivity index (χ3v) is 6.03. The van der Waals surface area contributed by atoms with Crippen LogP contribution in [-0.4, -0.2) is 59.8 Å². The van der Waals surface area contributed by atoms with E-state index in [1.165, 1.54) is 4.31 Å². The highest BCUT2D eigenvalue weighted by molar-refractivity contribution is 7.89. The van der Waals surface area contributed by atoms with E-state index in [4.69, 9.17) is 9.47 Å². The fourth-order valence-electron chi connectivity index (χ4n) is 3.00. The first-order chi connectivity index (χ1) is 10.5. The van der Waals surface area contributed by atoms with Gasteiger partial charge in [-0.3, -0.25) is 4.98 Å². The molecule has 2 saturated heterocycles. The van der Waals surface area contributed by atoms with Gasteiger partial charge < -0.3 is 9.47 Å². The highest BCUT2D eigenvalue weighted by Crippen LogP contribution is 2.37. The lowest BCUT2D eigenvalue weighted by atomic mass is 9.86. The number of nitrogens with zero attached hydrogens (tertiary/aromatic N) is 3. The standard InChI is InChI=1S/C14H21N3O4S/c1-2-7-22(18,19)17-10-14(11-17)8-12(3-6-20-14)21-13-9-15-4-5-16-13/h4-5,9,12H,2-3,6-8,10-11H2,1H3/t12-/m0/s1. The van der Waals surface area contributed by atoms with Crippen LogP contribution in [0.3, 0.4) is 0 Å². The van der Waals surface area contributed by atoms with Crippen molar-refractivity contribution in [2.45, 2.75) is 37.9 Å². The summed E-state index contributed by atoms with van der Waals surface area (Å²) in [6, 6.07) is 0. The Bertz CT molecular complexity index is 602. The predicted octanol–water partition coefficient (Wildman–Crippen LogP) is 0.829. The maximum atomic E-state index is 12.0. The molecule has 0 radical (unpaired) electrons. The van der Waals surface area contributed by atoms with Gasteiger partial charge in [0, 0.05) is 38.3 Å². The van der Waals surface area contributed by atoms with Gasteiger partial charge in [0.1, 0.15) is 6.10 Å². The highest BCUT2D eigenvalue weighted by atomic mass is 32.2. The van der Waals surface area contributed by atoms with Gasteiger partial charge in [0.25, 0.3) is 0 Å². The Hall–Kier alpha value is -1.25. The van der Waals surface area contributed by atoms with E-state index in [9.17, 15) is 8.42 Å². The van der Waals surface area contributed by atoms with Crippen LogP contribution in [0.25, 0.3) is 0 Å². The molecule has 7 nitrogen and oxygen atoms in total. The molecule has 0 bridgehead atoms. The van der Waals surface area contributed by atoms with Gasteiger partial charge in [-0.05, 0) is 6.42 Å². The lowest BCUT2D eigenvalue weighted by Gasteiger charge is -2.51. The lowest BCUT2D eigenvalue weighted by molar-refractivity contribution is -0.165. The number of hydrogen-bond acceptors (Lipinski definition) is 6. The first-order valence-corrected chi connectivity index (χ1v) is 9.18. The Morgan fingerprint density at radius 2 is 2.27 bits per heavy atom. The van der Waals surface area contributed by atoms with Crippen molar-refractivity contribution >= 4 is 10.0 Å². The Kier molecular flexibility index (Phi) is 4.33. The molecule has 0 aliphatic carbocycles. The molecule has 0 saturated carbocycles. The summed E-state index contributed by atoms with van der Waals surface area (Å²) in [4.78, 5) is 8.09. The fourth-order valence-corrected chi connectivity index (χ4v) is 4.64. The molecule has 0 unspecified atom stereocenters. The van der Waals surface area contributed by atoms with Crippen molar-refractivity contribution in [2.24, 2.45) is 0 Å². The van der Waals surface area contributed by atoms with Gasteiger partial charge in [0.2, 0.25) is 15.9 Å². The van der Waals surface area contributed by atoms with E-state index in [1.54, 1.807) is 18.6 Å². The molecule has 8 heteroatoms. The van der Waals surface area contributed by atoms with Gasteiger partial charge in [-0.25, -0.2) is 13.4 Å². The molecule has 2 fully saturated rings. The SMILES string of the molecule is CCCS(=O)(=O)N1CC2(C[C@@H](Oc3cnccn3)CCO2)C1. The van der Waals surface area contributed by atoms with Crippen molar-refractivity contribution in [2.75, 3.05) is 25.4 Å². The molecule has 3 rings (SSSR count). The summed E-state index contributed by atoms with van der Waals surface area (Å²) in [6.45, 7) is 3.30. The minimum absolute atomic E-state index is 0.0125. The van der Waals surface area contributed by atoms with Crippen LogP contribution in [0.15, 0.2) is 18.6 Å². The maximum absolute atomic E-state index is 12.0. The summed E-state index contributed by atoms with van der Waals surface area (Å²) in [6.07, 6.45) is 6.85.